The normalized spacial score (nSPS) is 11.3. The molecule has 6 heteroatoms. The van der Waals surface area contributed by atoms with E-state index in [1.165, 1.54) is 0 Å². The fraction of sp³-hybridized carbons (Fsp3) is 0.600. The van der Waals surface area contributed by atoms with Crippen molar-refractivity contribution in [3.05, 3.63) is 18.6 Å². The molecule has 0 atom stereocenters. The van der Waals surface area contributed by atoms with Crippen molar-refractivity contribution in [2.24, 2.45) is 0 Å². The first kappa shape index (κ1) is 15.6. The lowest BCUT2D eigenvalue weighted by Crippen LogP contribution is -2.35. The van der Waals surface area contributed by atoms with Gasteiger partial charge in [-0.3, -0.25) is 0 Å². The fourth-order valence-electron chi connectivity index (χ4n) is 2.24. The Morgan fingerprint density at radius 1 is 1.43 bits per heavy atom. The molecular weight excluding hydrogens is 266 g/mol. The number of nitrogens with zero attached hydrogens (tertiary/aromatic N) is 4. The maximum absolute atomic E-state index is 5.22. The number of anilines is 2. The Kier molecular flexibility index (Phi) is 5.38. The van der Waals surface area contributed by atoms with Gasteiger partial charge in [-0.2, -0.15) is 0 Å². The monoisotopic (exact) mass is 291 g/mol. The number of imidazole rings is 1. The molecule has 0 unspecified atom stereocenters. The summed E-state index contributed by atoms with van der Waals surface area (Å²) in [5.41, 5.74) is 0.877. The summed E-state index contributed by atoms with van der Waals surface area (Å²) < 4.78 is 7.24. The topological polar surface area (TPSA) is 54.7 Å². The van der Waals surface area contributed by atoms with Gasteiger partial charge in [-0.15, -0.1) is 0 Å². The molecule has 21 heavy (non-hydrogen) atoms. The fourth-order valence-corrected chi connectivity index (χ4v) is 2.24. The summed E-state index contributed by atoms with van der Waals surface area (Å²) in [6.45, 7) is 8.82. The molecular formula is C15H25N5O. The zero-order chi connectivity index (χ0) is 15.2. The van der Waals surface area contributed by atoms with Crippen molar-refractivity contribution in [2.75, 3.05) is 37.0 Å². The van der Waals surface area contributed by atoms with E-state index in [0.717, 1.165) is 36.8 Å². The SMILES string of the molecule is CCCNc1cn2ccnc2c(N(CCOC)C(C)C)n1. The van der Waals surface area contributed by atoms with Gasteiger partial charge in [0.2, 0.25) is 0 Å². The molecule has 0 saturated heterocycles. The number of ether oxygens (including phenoxy) is 1. The van der Waals surface area contributed by atoms with Gasteiger partial charge in [0.15, 0.2) is 11.5 Å². The standard InChI is InChI=1S/C15H25N5O/c1-5-6-16-13-11-19-8-7-17-14(19)15(18-13)20(12(2)3)9-10-21-4/h7-8,11-12,16H,5-6,9-10H2,1-4H3. The minimum Gasteiger partial charge on any atom is -0.383 e. The summed E-state index contributed by atoms with van der Waals surface area (Å²) in [6.07, 6.45) is 6.80. The number of aromatic nitrogens is 3. The molecule has 0 amide bonds. The average molecular weight is 291 g/mol. The molecule has 0 aliphatic carbocycles. The summed E-state index contributed by atoms with van der Waals surface area (Å²) in [5, 5.41) is 3.35. The van der Waals surface area contributed by atoms with Gasteiger partial charge in [0.25, 0.3) is 0 Å². The molecule has 0 aliphatic heterocycles. The van der Waals surface area contributed by atoms with Crippen molar-refractivity contribution in [1.29, 1.82) is 0 Å². The molecule has 0 radical (unpaired) electrons. The second kappa shape index (κ2) is 7.26. The van der Waals surface area contributed by atoms with Crippen molar-refractivity contribution < 1.29 is 4.74 Å². The molecule has 1 N–H and O–H groups in total. The molecule has 2 rings (SSSR count). The van der Waals surface area contributed by atoms with Crippen molar-refractivity contribution >= 4 is 17.3 Å². The van der Waals surface area contributed by atoms with Crippen molar-refractivity contribution in [3.63, 3.8) is 0 Å². The highest BCUT2D eigenvalue weighted by Gasteiger charge is 2.17. The summed E-state index contributed by atoms with van der Waals surface area (Å²) in [6, 6.07) is 0.328. The molecule has 116 valence electrons. The van der Waals surface area contributed by atoms with Crippen LogP contribution >= 0.6 is 0 Å². The van der Waals surface area contributed by atoms with Crippen LogP contribution in [-0.4, -0.2) is 47.2 Å². The van der Waals surface area contributed by atoms with Gasteiger partial charge in [0, 0.05) is 38.6 Å². The van der Waals surface area contributed by atoms with Crippen LogP contribution in [0.25, 0.3) is 5.65 Å². The van der Waals surface area contributed by atoms with E-state index in [1.54, 1.807) is 13.3 Å². The number of hydrogen-bond donors (Lipinski definition) is 1. The van der Waals surface area contributed by atoms with E-state index >= 15 is 0 Å². The van der Waals surface area contributed by atoms with Crippen LogP contribution in [-0.2, 0) is 4.74 Å². The Balaban J connectivity index is 2.40. The average Bonchev–Trinajstić information content (AvgIpc) is 2.93. The maximum atomic E-state index is 5.22. The van der Waals surface area contributed by atoms with Crippen molar-refractivity contribution in [3.8, 4) is 0 Å². The zero-order valence-electron chi connectivity index (χ0n) is 13.3. The van der Waals surface area contributed by atoms with Crippen LogP contribution in [0.4, 0.5) is 11.6 Å². The number of nitrogens with one attached hydrogen (secondary N) is 1. The Morgan fingerprint density at radius 3 is 2.90 bits per heavy atom. The molecule has 0 aromatic carbocycles. The second-order valence-corrected chi connectivity index (χ2v) is 5.31. The van der Waals surface area contributed by atoms with Gasteiger partial charge < -0.3 is 19.4 Å². The summed E-state index contributed by atoms with van der Waals surface area (Å²) in [5.74, 6) is 1.77. The van der Waals surface area contributed by atoms with E-state index in [1.807, 2.05) is 16.8 Å². The van der Waals surface area contributed by atoms with E-state index < -0.39 is 0 Å². The molecule has 0 aliphatic rings. The quantitative estimate of drug-likeness (QED) is 0.809. The van der Waals surface area contributed by atoms with Crippen LogP contribution in [0.5, 0.6) is 0 Å². The zero-order valence-corrected chi connectivity index (χ0v) is 13.3. The van der Waals surface area contributed by atoms with E-state index in [9.17, 15) is 0 Å². The highest BCUT2D eigenvalue weighted by molar-refractivity contribution is 5.67. The molecule has 0 saturated carbocycles. The van der Waals surface area contributed by atoms with Gasteiger partial charge in [-0.1, -0.05) is 6.92 Å². The molecule has 2 heterocycles. The van der Waals surface area contributed by atoms with Crippen molar-refractivity contribution in [2.45, 2.75) is 33.2 Å². The van der Waals surface area contributed by atoms with Crippen LogP contribution in [0.2, 0.25) is 0 Å². The molecule has 2 aromatic rings. The summed E-state index contributed by atoms with van der Waals surface area (Å²) >= 11 is 0. The van der Waals surface area contributed by atoms with E-state index in [0.29, 0.717) is 12.6 Å². The lowest BCUT2D eigenvalue weighted by molar-refractivity contribution is 0.203. The predicted octanol–water partition coefficient (Wildman–Crippen LogP) is 2.41. The molecule has 0 bridgehead atoms. The van der Waals surface area contributed by atoms with Crippen LogP contribution in [0.1, 0.15) is 27.2 Å². The lowest BCUT2D eigenvalue weighted by Gasteiger charge is -2.28. The first-order valence-electron chi connectivity index (χ1n) is 7.50. The Bertz CT molecular complexity index is 566. The highest BCUT2D eigenvalue weighted by atomic mass is 16.5. The van der Waals surface area contributed by atoms with Crippen LogP contribution < -0.4 is 10.2 Å². The van der Waals surface area contributed by atoms with Crippen LogP contribution in [0, 0.1) is 0 Å². The van der Waals surface area contributed by atoms with Gasteiger partial charge in [-0.25, -0.2) is 9.97 Å². The largest absolute Gasteiger partial charge is 0.383 e. The van der Waals surface area contributed by atoms with E-state index in [2.05, 4.69) is 36.0 Å². The third kappa shape index (κ3) is 3.64. The van der Waals surface area contributed by atoms with Gasteiger partial charge in [-0.05, 0) is 20.3 Å². The Hall–Kier alpha value is -1.82. The Morgan fingerprint density at radius 2 is 2.24 bits per heavy atom. The van der Waals surface area contributed by atoms with E-state index in [-0.39, 0.29) is 0 Å². The minimum absolute atomic E-state index is 0.328. The van der Waals surface area contributed by atoms with Crippen LogP contribution in [0.15, 0.2) is 18.6 Å². The number of rotatable bonds is 8. The highest BCUT2D eigenvalue weighted by Crippen LogP contribution is 2.22. The smallest absolute Gasteiger partial charge is 0.180 e. The van der Waals surface area contributed by atoms with Gasteiger partial charge >= 0.3 is 0 Å². The summed E-state index contributed by atoms with van der Waals surface area (Å²) in [7, 11) is 1.72. The predicted molar refractivity (Wildman–Crippen MR) is 86.1 cm³/mol. The third-order valence-corrected chi connectivity index (χ3v) is 3.34. The molecule has 6 nitrogen and oxygen atoms in total. The third-order valence-electron chi connectivity index (χ3n) is 3.34. The van der Waals surface area contributed by atoms with Gasteiger partial charge in [0.1, 0.15) is 5.82 Å². The number of fused-ring (bicyclic) bond motifs is 1. The first-order valence-corrected chi connectivity index (χ1v) is 7.50. The van der Waals surface area contributed by atoms with Crippen LogP contribution in [0.3, 0.4) is 0 Å². The summed E-state index contributed by atoms with van der Waals surface area (Å²) in [4.78, 5) is 11.4. The van der Waals surface area contributed by atoms with E-state index in [4.69, 9.17) is 9.72 Å². The van der Waals surface area contributed by atoms with Crippen molar-refractivity contribution in [1.82, 2.24) is 14.4 Å². The number of hydrogen-bond acceptors (Lipinski definition) is 5. The maximum Gasteiger partial charge on any atom is 0.180 e. The second-order valence-electron chi connectivity index (χ2n) is 5.31. The minimum atomic E-state index is 0.328. The molecule has 0 fully saturated rings. The first-order chi connectivity index (χ1) is 10.2. The number of methoxy groups -OCH3 is 1. The molecule has 2 aromatic heterocycles. The molecule has 0 spiro atoms. The van der Waals surface area contributed by atoms with Gasteiger partial charge in [0.05, 0.1) is 12.8 Å². The Labute approximate surface area is 126 Å². The lowest BCUT2D eigenvalue weighted by atomic mass is 10.3.